The van der Waals surface area contributed by atoms with Gasteiger partial charge in [-0.25, -0.2) is 4.98 Å². The second-order valence-electron chi connectivity index (χ2n) is 7.03. The van der Waals surface area contributed by atoms with E-state index >= 15 is 0 Å². The van der Waals surface area contributed by atoms with Crippen molar-refractivity contribution in [3.63, 3.8) is 0 Å². The van der Waals surface area contributed by atoms with Crippen molar-refractivity contribution in [2.75, 3.05) is 11.9 Å². The molecule has 7 nitrogen and oxygen atoms in total. The molecule has 0 aliphatic carbocycles. The fourth-order valence-corrected chi connectivity index (χ4v) is 4.58. The van der Waals surface area contributed by atoms with Gasteiger partial charge in [0.25, 0.3) is 17.7 Å². The Morgan fingerprint density at radius 3 is 2.55 bits per heavy atom. The number of carbonyl (C=O) groups is 3. The molecule has 0 radical (unpaired) electrons. The largest absolute Gasteiger partial charge is 0.349 e. The van der Waals surface area contributed by atoms with Gasteiger partial charge in [-0.15, -0.1) is 11.3 Å². The van der Waals surface area contributed by atoms with Gasteiger partial charge in [-0.05, 0) is 24.3 Å². The average molecular weight is 451 g/mol. The first kappa shape index (κ1) is 19.5. The average Bonchev–Trinajstić information content (AvgIpc) is 3.46. The maximum Gasteiger partial charge on any atom is 0.273 e. The Kier molecular flexibility index (Phi) is 4.80. The van der Waals surface area contributed by atoms with E-state index in [0.717, 1.165) is 10.3 Å². The summed E-state index contributed by atoms with van der Waals surface area (Å²) in [6.07, 6.45) is 2.10. The van der Waals surface area contributed by atoms with Crippen molar-refractivity contribution in [1.82, 2.24) is 14.9 Å². The first-order valence-electron chi connectivity index (χ1n) is 9.50. The third-order valence-electron chi connectivity index (χ3n) is 5.08. The number of H-pyrrole nitrogens is 1. The SMILES string of the molecule is O=C(Nc1ncc(CCN2C(=O)c3ccccc3C2=O)s1)c1cc2cccc(Cl)c2[nH]1. The lowest BCUT2D eigenvalue weighted by molar-refractivity contribution is 0.0656. The number of hydrogen-bond donors (Lipinski definition) is 2. The minimum absolute atomic E-state index is 0.252. The van der Waals surface area contributed by atoms with E-state index in [1.807, 2.05) is 12.1 Å². The summed E-state index contributed by atoms with van der Waals surface area (Å²) in [5.41, 5.74) is 1.95. The lowest BCUT2D eigenvalue weighted by atomic mass is 10.1. The highest BCUT2D eigenvalue weighted by Gasteiger charge is 2.34. The van der Waals surface area contributed by atoms with Crippen molar-refractivity contribution in [1.29, 1.82) is 0 Å². The third kappa shape index (κ3) is 3.49. The molecule has 1 aliphatic rings. The van der Waals surface area contributed by atoms with Gasteiger partial charge < -0.3 is 4.98 Å². The number of fused-ring (bicyclic) bond motifs is 2. The van der Waals surface area contributed by atoms with Gasteiger partial charge in [-0.3, -0.25) is 24.6 Å². The van der Waals surface area contributed by atoms with Gasteiger partial charge in [0, 0.05) is 29.4 Å². The molecule has 31 heavy (non-hydrogen) atoms. The zero-order chi connectivity index (χ0) is 21.5. The Balaban J connectivity index is 1.24. The van der Waals surface area contributed by atoms with Crippen molar-refractivity contribution in [3.05, 3.63) is 81.4 Å². The lowest BCUT2D eigenvalue weighted by Gasteiger charge is -2.12. The fourth-order valence-electron chi connectivity index (χ4n) is 3.55. The summed E-state index contributed by atoms with van der Waals surface area (Å²) < 4.78 is 0. The molecule has 0 saturated heterocycles. The quantitative estimate of drug-likeness (QED) is 0.441. The monoisotopic (exact) mass is 450 g/mol. The molecule has 1 aliphatic heterocycles. The minimum Gasteiger partial charge on any atom is -0.349 e. The van der Waals surface area contributed by atoms with Crippen LogP contribution < -0.4 is 5.32 Å². The maximum absolute atomic E-state index is 12.6. The smallest absolute Gasteiger partial charge is 0.273 e. The molecule has 0 atom stereocenters. The number of imide groups is 1. The molecule has 4 aromatic rings. The number of para-hydroxylation sites is 1. The van der Waals surface area contributed by atoms with Gasteiger partial charge >= 0.3 is 0 Å². The fraction of sp³-hybridized carbons (Fsp3) is 0.0909. The van der Waals surface area contributed by atoms with E-state index in [4.69, 9.17) is 11.6 Å². The zero-order valence-corrected chi connectivity index (χ0v) is 17.6. The number of aromatic amines is 1. The number of aromatic nitrogens is 2. The third-order valence-corrected chi connectivity index (χ3v) is 6.37. The highest BCUT2D eigenvalue weighted by molar-refractivity contribution is 7.15. The van der Waals surface area contributed by atoms with Crippen LogP contribution in [0.25, 0.3) is 10.9 Å². The Hall–Kier alpha value is -3.49. The van der Waals surface area contributed by atoms with Gasteiger partial charge in [0.15, 0.2) is 5.13 Å². The Labute approximate surface area is 185 Å². The topological polar surface area (TPSA) is 95.2 Å². The molecule has 3 heterocycles. The molecule has 2 aromatic heterocycles. The van der Waals surface area contributed by atoms with Crippen LogP contribution >= 0.6 is 22.9 Å². The van der Waals surface area contributed by atoms with E-state index in [-0.39, 0.29) is 24.3 Å². The van der Waals surface area contributed by atoms with Gasteiger partial charge in [0.1, 0.15) is 5.69 Å². The molecule has 0 spiro atoms. The van der Waals surface area contributed by atoms with Crippen LogP contribution in [0.15, 0.2) is 54.7 Å². The molecule has 0 saturated carbocycles. The van der Waals surface area contributed by atoms with Gasteiger partial charge in [-0.1, -0.05) is 35.9 Å². The summed E-state index contributed by atoms with van der Waals surface area (Å²) in [4.78, 5) is 46.8. The number of thiazole rings is 1. The molecule has 0 unspecified atom stereocenters. The molecule has 0 fully saturated rings. The van der Waals surface area contributed by atoms with E-state index in [1.165, 1.54) is 16.2 Å². The van der Waals surface area contributed by atoms with Crippen molar-refractivity contribution >= 4 is 56.7 Å². The second kappa shape index (κ2) is 7.64. The number of nitrogens with one attached hydrogen (secondary N) is 2. The first-order valence-corrected chi connectivity index (χ1v) is 10.7. The molecule has 2 N–H and O–H groups in total. The van der Waals surface area contributed by atoms with Crippen LogP contribution in [-0.4, -0.2) is 39.1 Å². The number of nitrogens with zero attached hydrogens (tertiary/aromatic N) is 2. The van der Waals surface area contributed by atoms with Gasteiger partial charge in [0.05, 0.1) is 21.7 Å². The van der Waals surface area contributed by atoms with Crippen molar-refractivity contribution in [3.8, 4) is 0 Å². The molecule has 5 rings (SSSR count). The molecular weight excluding hydrogens is 436 g/mol. The van der Waals surface area contributed by atoms with Crippen molar-refractivity contribution in [2.24, 2.45) is 0 Å². The van der Waals surface area contributed by atoms with E-state index < -0.39 is 0 Å². The van der Waals surface area contributed by atoms with Gasteiger partial charge in [-0.2, -0.15) is 0 Å². The number of halogens is 1. The summed E-state index contributed by atoms with van der Waals surface area (Å²) in [6, 6.07) is 14.0. The summed E-state index contributed by atoms with van der Waals surface area (Å²) in [6.45, 7) is 0.252. The molecule has 2 aromatic carbocycles. The summed E-state index contributed by atoms with van der Waals surface area (Å²) in [5.74, 6) is -0.888. The van der Waals surface area contributed by atoms with E-state index in [9.17, 15) is 14.4 Å². The molecule has 9 heteroatoms. The van der Waals surface area contributed by atoms with E-state index in [2.05, 4.69) is 15.3 Å². The number of anilines is 1. The van der Waals surface area contributed by atoms with Crippen LogP contribution in [0.1, 0.15) is 36.1 Å². The Bertz CT molecular complexity index is 1320. The summed E-state index contributed by atoms with van der Waals surface area (Å²) in [5, 5.41) is 4.59. The maximum atomic E-state index is 12.6. The summed E-state index contributed by atoms with van der Waals surface area (Å²) in [7, 11) is 0. The predicted octanol–water partition coefficient (Wildman–Crippen LogP) is 4.37. The molecular formula is C22H15ClN4O3S. The Morgan fingerprint density at radius 2 is 1.84 bits per heavy atom. The van der Waals surface area contributed by atoms with Crippen LogP contribution in [0.3, 0.4) is 0 Å². The Morgan fingerprint density at radius 1 is 1.10 bits per heavy atom. The minimum atomic E-state index is -0.325. The van der Waals surface area contributed by atoms with Crippen LogP contribution in [0.5, 0.6) is 0 Å². The van der Waals surface area contributed by atoms with E-state index in [1.54, 1.807) is 42.6 Å². The highest BCUT2D eigenvalue weighted by atomic mass is 35.5. The summed E-state index contributed by atoms with van der Waals surface area (Å²) >= 11 is 7.46. The van der Waals surface area contributed by atoms with Crippen LogP contribution in [0.2, 0.25) is 5.02 Å². The molecule has 3 amide bonds. The van der Waals surface area contributed by atoms with Gasteiger partial charge in [0.2, 0.25) is 0 Å². The van der Waals surface area contributed by atoms with Crippen molar-refractivity contribution in [2.45, 2.75) is 6.42 Å². The number of benzene rings is 2. The standard InChI is InChI=1S/C22H15ClN4O3S/c23-16-7-3-4-12-10-17(25-18(12)16)19(28)26-22-24-11-13(31-22)8-9-27-20(29)14-5-1-2-6-15(14)21(27)30/h1-7,10-11,25H,8-9H2,(H,24,26,28). The number of carbonyl (C=O) groups excluding carboxylic acids is 3. The second-order valence-corrected chi connectivity index (χ2v) is 8.55. The van der Waals surface area contributed by atoms with Crippen LogP contribution in [0, 0.1) is 0 Å². The first-order chi connectivity index (χ1) is 15.0. The highest BCUT2D eigenvalue weighted by Crippen LogP contribution is 2.26. The number of amides is 3. The van der Waals surface area contributed by atoms with Crippen molar-refractivity contribution < 1.29 is 14.4 Å². The zero-order valence-electron chi connectivity index (χ0n) is 16.0. The number of hydrogen-bond acceptors (Lipinski definition) is 5. The number of rotatable bonds is 5. The van der Waals surface area contributed by atoms with Crippen LogP contribution in [0.4, 0.5) is 5.13 Å². The van der Waals surface area contributed by atoms with Crippen LogP contribution in [-0.2, 0) is 6.42 Å². The molecule has 154 valence electrons. The lowest BCUT2D eigenvalue weighted by Crippen LogP contribution is -2.31. The normalized spacial score (nSPS) is 13.1. The molecule has 0 bridgehead atoms. The predicted molar refractivity (Wildman–Crippen MR) is 119 cm³/mol. The van der Waals surface area contributed by atoms with E-state index in [0.29, 0.717) is 38.9 Å².